The Balaban J connectivity index is 2.19. The lowest BCUT2D eigenvalue weighted by Gasteiger charge is -2.04. The molecule has 0 aromatic heterocycles. The third-order valence-corrected chi connectivity index (χ3v) is 2.86. The molecule has 0 spiro atoms. The number of allylic oxidation sites excluding steroid dienone is 3. The average Bonchev–Trinajstić information content (AvgIpc) is 2.46. The minimum absolute atomic E-state index is 0.530. The summed E-state index contributed by atoms with van der Waals surface area (Å²) in [5.74, 6) is 0. The van der Waals surface area contributed by atoms with Gasteiger partial charge in [0.05, 0.1) is 0 Å². The highest BCUT2D eigenvalue weighted by atomic mass is 14.5. The summed E-state index contributed by atoms with van der Waals surface area (Å²) in [6, 6.07) is 18.6. The molecule has 0 saturated carbocycles. The van der Waals surface area contributed by atoms with Crippen molar-refractivity contribution >= 4 is 5.57 Å². The molecule has 1 heteroatoms. The zero-order valence-corrected chi connectivity index (χ0v) is 10.8. The molecule has 2 aromatic rings. The van der Waals surface area contributed by atoms with Gasteiger partial charge in [0, 0.05) is 5.70 Å². The van der Waals surface area contributed by atoms with Gasteiger partial charge in [-0.2, -0.15) is 0 Å². The minimum atomic E-state index is 0.530. The van der Waals surface area contributed by atoms with Gasteiger partial charge in [-0.15, -0.1) is 0 Å². The van der Waals surface area contributed by atoms with Gasteiger partial charge in [0.2, 0.25) is 0 Å². The summed E-state index contributed by atoms with van der Waals surface area (Å²) >= 11 is 0. The largest absolute Gasteiger partial charge is 0.399 e. The maximum Gasteiger partial charge on any atom is 0.0241 e. The predicted octanol–water partition coefficient (Wildman–Crippen LogP) is 4.40. The van der Waals surface area contributed by atoms with Crippen LogP contribution in [0.5, 0.6) is 0 Å². The van der Waals surface area contributed by atoms with E-state index in [4.69, 9.17) is 5.73 Å². The first-order chi connectivity index (χ1) is 9.16. The Labute approximate surface area is 114 Å². The monoisotopic (exact) mass is 247 g/mol. The molecular weight excluding hydrogens is 230 g/mol. The number of hydrogen-bond donors (Lipinski definition) is 1. The van der Waals surface area contributed by atoms with E-state index < -0.39 is 0 Å². The van der Waals surface area contributed by atoms with E-state index in [1.54, 1.807) is 6.08 Å². The Morgan fingerprint density at radius 3 is 1.95 bits per heavy atom. The van der Waals surface area contributed by atoms with E-state index in [2.05, 4.69) is 49.6 Å². The number of nitrogens with two attached hydrogens (primary N) is 1. The van der Waals surface area contributed by atoms with E-state index in [9.17, 15) is 0 Å². The lowest BCUT2D eigenvalue weighted by Crippen LogP contribution is -1.89. The second-order valence-corrected chi connectivity index (χ2v) is 4.38. The summed E-state index contributed by atoms with van der Waals surface area (Å²) < 4.78 is 0. The van der Waals surface area contributed by atoms with Gasteiger partial charge < -0.3 is 5.73 Å². The molecule has 1 nitrogen and oxygen atoms in total. The molecule has 0 aliphatic heterocycles. The fourth-order valence-corrected chi connectivity index (χ4v) is 1.81. The Morgan fingerprint density at radius 2 is 1.37 bits per heavy atom. The lowest BCUT2D eigenvalue weighted by molar-refractivity contribution is 1.45. The van der Waals surface area contributed by atoms with Crippen molar-refractivity contribution in [2.45, 2.75) is 0 Å². The highest BCUT2D eigenvalue weighted by molar-refractivity contribution is 5.74. The number of benzene rings is 2. The molecule has 0 aliphatic carbocycles. The summed E-state index contributed by atoms with van der Waals surface area (Å²) in [6.45, 7) is 7.64. The van der Waals surface area contributed by atoms with Crippen LogP contribution >= 0.6 is 0 Å². The van der Waals surface area contributed by atoms with E-state index in [1.807, 2.05) is 24.3 Å². The Morgan fingerprint density at radius 1 is 0.789 bits per heavy atom. The van der Waals surface area contributed by atoms with Crippen LogP contribution in [0, 0.1) is 0 Å². The van der Waals surface area contributed by atoms with Gasteiger partial charge >= 0.3 is 0 Å². The molecular formula is C18H17N. The SMILES string of the molecule is C=C(N)/C=C\C(=C)c1ccc(-c2ccccc2)cc1. The molecule has 19 heavy (non-hydrogen) atoms. The molecule has 94 valence electrons. The van der Waals surface area contributed by atoms with Crippen LogP contribution in [-0.2, 0) is 0 Å². The first-order valence-corrected chi connectivity index (χ1v) is 6.14. The Hall–Kier alpha value is -2.54. The van der Waals surface area contributed by atoms with Gasteiger partial charge in [-0.25, -0.2) is 0 Å². The van der Waals surface area contributed by atoms with Crippen LogP contribution in [0.15, 0.2) is 85.6 Å². The summed E-state index contributed by atoms with van der Waals surface area (Å²) in [5.41, 5.74) is 10.4. The third kappa shape index (κ3) is 3.46. The molecule has 0 saturated heterocycles. The summed E-state index contributed by atoms with van der Waals surface area (Å²) in [5, 5.41) is 0. The maximum atomic E-state index is 5.50. The van der Waals surface area contributed by atoms with E-state index in [-0.39, 0.29) is 0 Å². The van der Waals surface area contributed by atoms with Crippen LogP contribution in [0.25, 0.3) is 16.7 Å². The molecule has 2 rings (SSSR count). The molecule has 0 bridgehead atoms. The van der Waals surface area contributed by atoms with Crippen molar-refractivity contribution in [1.82, 2.24) is 0 Å². The van der Waals surface area contributed by atoms with Crippen molar-refractivity contribution in [2.24, 2.45) is 5.73 Å². The van der Waals surface area contributed by atoms with Crippen molar-refractivity contribution in [3.8, 4) is 11.1 Å². The van der Waals surface area contributed by atoms with Crippen LogP contribution in [0.4, 0.5) is 0 Å². The summed E-state index contributed by atoms with van der Waals surface area (Å²) in [7, 11) is 0. The molecule has 0 amide bonds. The third-order valence-electron chi connectivity index (χ3n) is 2.86. The van der Waals surface area contributed by atoms with Crippen LogP contribution in [0.3, 0.4) is 0 Å². The molecule has 0 aliphatic rings. The van der Waals surface area contributed by atoms with Crippen molar-refractivity contribution in [2.75, 3.05) is 0 Å². The quantitative estimate of drug-likeness (QED) is 0.796. The lowest BCUT2D eigenvalue weighted by atomic mass is 10.0. The maximum absolute atomic E-state index is 5.50. The molecule has 2 aromatic carbocycles. The van der Waals surface area contributed by atoms with Crippen LogP contribution in [0.1, 0.15) is 5.56 Å². The summed E-state index contributed by atoms with van der Waals surface area (Å²) in [6.07, 6.45) is 3.63. The van der Waals surface area contributed by atoms with Crippen LogP contribution < -0.4 is 5.73 Å². The van der Waals surface area contributed by atoms with Crippen molar-refractivity contribution in [3.63, 3.8) is 0 Å². The minimum Gasteiger partial charge on any atom is -0.399 e. The number of rotatable bonds is 4. The highest BCUT2D eigenvalue weighted by Gasteiger charge is 1.98. The first-order valence-electron chi connectivity index (χ1n) is 6.14. The van der Waals surface area contributed by atoms with E-state index in [0.717, 1.165) is 11.1 Å². The fourth-order valence-electron chi connectivity index (χ4n) is 1.81. The van der Waals surface area contributed by atoms with Crippen molar-refractivity contribution in [3.05, 3.63) is 91.2 Å². The zero-order chi connectivity index (χ0) is 13.7. The Kier molecular flexibility index (Phi) is 3.99. The fraction of sp³-hybridized carbons (Fsp3) is 0. The standard InChI is InChI=1S/C18H17N/c1-14(8-9-15(2)19)16-10-12-18(13-11-16)17-6-4-3-5-7-17/h3-13H,1-2,19H2/b9-8-. The molecule has 0 heterocycles. The van der Waals surface area contributed by atoms with Gasteiger partial charge in [0.15, 0.2) is 0 Å². The van der Waals surface area contributed by atoms with Crippen molar-refractivity contribution in [1.29, 1.82) is 0 Å². The summed E-state index contributed by atoms with van der Waals surface area (Å²) in [4.78, 5) is 0. The van der Waals surface area contributed by atoms with Crippen LogP contribution in [0.2, 0.25) is 0 Å². The van der Waals surface area contributed by atoms with Gasteiger partial charge in [-0.1, -0.05) is 73.8 Å². The van der Waals surface area contributed by atoms with E-state index in [1.165, 1.54) is 11.1 Å². The molecule has 0 radical (unpaired) electrons. The van der Waals surface area contributed by atoms with Gasteiger partial charge in [-0.05, 0) is 28.3 Å². The Bertz CT molecular complexity index is 604. The van der Waals surface area contributed by atoms with E-state index in [0.29, 0.717) is 5.70 Å². The molecule has 0 fully saturated rings. The molecule has 0 unspecified atom stereocenters. The molecule has 2 N–H and O–H groups in total. The highest BCUT2D eigenvalue weighted by Crippen LogP contribution is 2.22. The van der Waals surface area contributed by atoms with Gasteiger partial charge in [-0.3, -0.25) is 0 Å². The second-order valence-electron chi connectivity index (χ2n) is 4.38. The normalized spacial score (nSPS) is 10.5. The predicted molar refractivity (Wildman–Crippen MR) is 83.4 cm³/mol. The first kappa shape index (κ1) is 12.9. The number of hydrogen-bond acceptors (Lipinski definition) is 1. The molecule has 0 atom stereocenters. The van der Waals surface area contributed by atoms with Crippen LogP contribution in [-0.4, -0.2) is 0 Å². The van der Waals surface area contributed by atoms with Crippen molar-refractivity contribution < 1.29 is 0 Å². The average molecular weight is 247 g/mol. The topological polar surface area (TPSA) is 26.0 Å². The van der Waals surface area contributed by atoms with Gasteiger partial charge in [0.25, 0.3) is 0 Å². The zero-order valence-electron chi connectivity index (χ0n) is 10.8. The van der Waals surface area contributed by atoms with Gasteiger partial charge in [0.1, 0.15) is 0 Å². The second kappa shape index (κ2) is 5.87. The van der Waals surface area contributed by atoms with E-state index >= 15 is 0 Å². The smallest absolute Gasteiger partial charge is 0.0241 e.